The molecule has 2 aromatic rings. The van der Waals surface area contributed by atoms with Crippen LogP contribution in [0.5, 0.6) is 5.75 Å². The lowest BCUT2D eigenvalue weighted by molar-refractivity contribution is -0.123. The van der Waals surface area contributed by atoms with Crippen LogP contribution in [0.3, 0.4) is 0 Å². The first-order valence-electron chi connectivity index (χ1n) is 6.69. The number of nitrogens with one attached hydrogen (secondary N) is 1. The number of rotatable bonds is 5. The molecule has 7 heteroatoms. The van der Waals surface area contributed by atoms with E-state index in [1.165, 1.54) is 24.3 Å². The van der Waals surface area contributed by atoms with Crippen molar-refractivity contribution in [1.82, 2.24) is 5.32 Å². The van der Waals surface area contributed by atoms with Gasteiger partial charge in [0.05, 0.1) is 11.1 Å². The molecule has 1 amide bonds. The van der Waals surface area contributed by atoms with Crippen LogP contribution >= 0.6 is 23.2 Å². The normalized spacial score (nSPS) is 11.9. The first-order chi connectivity index (χ1) is 10.9. The number of carbonyl (C=O) groups is 1. The van der Waals surface area contributed by atoms with Crippen molar-refractivity contribution >= 4 is 29.1 Å². The highest BCUT2D eigenvalue weighted by atomic mass is 35.5. The molecule has 0 radical (unpaired) electrons. The number of benzene rings is 2. The molecule has 122 valence electrons. The van der Waals surface area contributed by atoms with Crippen LogP contribution in [-0.4, -0.2) is 12.5 Å². The zero-order valence-corrected chi connectivity index (χ0v) is 13.6. The highest BCUT2D eigenvalue weighted by Crippen LogP contribution is 2.28. The lowest BCUT2D eigenvalue weighted by atomic mass is 10.1. The van der Waals surface area contributed by atoms with Gasteiger partial charge in [0, 0.05) is 5.02 Å². The second kappa shape index (κ2) is 7.62. The maximum atomic E-state index is 13.5. The highest BCUT2D eigenvalue weighted by Gasteiger charge is 2.16. The van der Waals surface area contributed by atoms with E-state index in [1.54, 1.807) is 13.0 Å². The molecule has 2 aromatic carbocycles. The van der Waals surface area contributed by atoms with E-state index in [1.807, 2.05) is 0 Å². The van der Waals surface area contributed by atoms with E-state index in [2.05, 4.69) is 5.32 Å². The third kappa shape index (κ3) is 4.56. The molecule has 0 aliphatic carbocycles. The van der Waals surface area contributed by atoms with Gasteiger partial charge in [0.15, 0.2) is 18.2 Å². The summed E-state index contributed by atoms with van der Waals surface area (Å²) in [5.41, 5.74) is 0.382. The number of hydrogen-bond donors (Lipinski definition) is 1. The molecule has 0 aliphatic rings. The van der Waals surface area contributed by atoms with Crippen molar-refractivity contribution in [2.24, 2.45) is 0 Å². The number of hydrogen-bond acceptors (Lipinski definition) is 2. The maximum Gasteiger partial charge on any atom is 0.258 e. The minimum Gasteiger partial charge on any atom is -0.481 e. The fraction of sp³-hybridized carbons (Fsp3) is 0.188. The topological polar surface area (TPSA) is 38.3 Å². The molecule has 3 nitrogen and oxygen atoms in total. The first kappa shape index (κ1) is 17.5. The number of para-hydroxylation sites is 1. The predicted molar refractivity (Wildman–Crippen MR) is 84.9 cm³/mol. The van der Waals surface area contributed by atoms with Gasteiger partial charge in [-0.15, -0.1) is 0 Å². The average Bonchev–Trinajstić information content (AvgIpc) is 2.50. The van der Waals surface area contributed by atoms with E-state index < -0.39 is 23.6 Å². The van der Waals surface area contributed by atoms with Crippen molar-refractivity contribution in [3.63, 3.8) is 0 Å². The smallest absolute Gasteiger partial charge is 0.258 e. The Labute approximate surface area is 142 Å². The lowest BCUT2D eigenvalue weighted by Gasteiger charge is -2.16. The van der Waals surface area contributed by atoms with Gasteiger partial charge in [-0.3, -0.25) is 4.79 Å². The fourth-order valence-electron chi connectivity index (χ4n) is 1.94. The van der Waals surface area contributed by atoms with Crippen LogP contribution in [0.15, 0.2) is 36.4 Å². The number of halogens is 4. The van der Waals surface area contributed by atoms with E-state index in [0.29, 0.717) is 5.56 Å². The highest BCUT2D eigenvalue weighted by molar-refractivity contribution is 6.35. The quantitative estimate of drug-likeness (QED) is 0.796. The summed E-state index contributed by atoms with van der Waals surface area (Å²) < 4.78 is 32.0. The molecule has 0 saturated heterocycles. The van der Waals surface area contributed by atoms with Crippen LogP contribution in [0.2, 0.25) is 10.0 Å². The largest absolute Gasteiger partial charge is 0.481 e. The zero-order valence-electron chi connectivity index (χ0n) is 12.1. The van der Waals surface area contributed by atoms with Crippen molar-refractivity contribution in [2.45, 2.75) is 13.0 Å². The molecular formula is C16H13Cl2F2NO2. The molecule has 1 atom stereocenters. The Balaban J connectivity index is 1.97. The third-order valence-electron chi connectivity index (χ3n) is 3.08. The van der Waals surface area contributed by atoms with Crippen molar-refractivity contribution in [3.05, 3.63) is 63.6 Å². The van der Waals surface area contributed by atoms with E-state index in [9.17, 15) is 13.6 Å². The molecule has 0 saturated carbocycles. The summed E-state index contributed by atoms with van der Waals surface area (Å²) in [5.74, 6) is -1.70. The van der Waals surface area contributed by atoms with Crippen LogP contribution < -0.4 is 10.1 Å². The van der Waals surface area contributed by atoms with Crippen LogP contribution in [0.25, 0.3) is 0 Å². The van der Waals surface area contributed by atoms with Gasteiger partial charge >= 0.3 is 0 Å². The minimum atomic E-state index is -0.630. The molecule has 0 bridgehead atoms. The second-order valence-corrected chi connectivity index (χ2v) is 5.61. The van der Waals surface area contributed by atoms with Gasteiger partial charge in [0.25, 0.3) is 5.91 Å². The molecule has 0 aromatic heterocycles. The molecule has 0 unspecified atom stereocenters. The summed E-state index contributed by atoms with van der Waals surface area (Å²) in [6, 6.07) is 7.62. The first-order valence-corrected chi connectivity index (χ1v) is 7.45. The van der Waals surface area contributed by atoms with Crippen LogP contribution in [0, 0.1) is 11.6 Å². The van der Waals surface area contributed by atoms with Crippen molar-refractivity contribution in [3.8, 4) is 5.75 Å². The van der Waals surface area contributed by atoms with Crippen molar-refractivity contribution in [2.75, 3.05) is 6.61 Å². The second-order valence-electron chi connectivity index (χ2n) is 4.80. The van der Waals surface area contributed by atoms with Gasteiger partial charge < -0.3 is 10.1 Å². The molecule has 0 fully saturated rings. The van der Waals surface area contributed by atoms with E-state index in [4.69, 9.17) is 27.9 Å². The minimum absolute atomic E-state index is 0.0223. The Bertz CT molecular complexity index is 725. The molecule has 1 N–H and O–H groups in total. The zero-order chi connectivity index (χ0) is 17.0. The summed E-state index contributed by atoms with van der Waals surface area (Å²) in [4.78, 5) is 11.9. The summed E-state index contributed by atoms with van der Waals surface area (Å²) in [6.45, 7) is 1.26. The Morgan fingerprint density at radius 2 is 1.87 bits per heavy atom. The lowest BCUT2D eigenvalue weighted by Crippen LogP contribution is -2.31. The number of carbonyl (C=O) groups excluding carboxylic acids is 1. The van der Waals surface area contributed by atoms with Gasteiger partial charge in [-0.2, -0.15) is 0 Å². The molecule has 0 spiro atoms. The average molecular weight is 360 g/mol. The standard InChI is InChI=1S/C16H13Cl2F2NO2/c1-9(10-6-14(20)12(18)7-11(10)17)21-16(22)8-23-15-5-3-2-4-13(15)19/h2-7,9H,8H2,1H3,(H,21,22)/t9-/m1/s1. The van der Waals surface area contributed by atoms with Gasteiger partial charge in [0.1, 0.15) is 5.82 Å². The maximum absolute atomic E-state index is 13.5. The van der Waals surface area contributed by atoms with Gasteiger partial charge in [-0.1, -0.05) is 35.3 Å². The Hall–Kier alpha value is -1.85. The predicted octanol–water partition coefficient (Wildman–Crippen LogP) is 4.53. The fourth-order valence-corrected chi connectivity index (χ4v) is 2.48. The van der Waals surface area contributed by atoms with E-state index in [-0.39, 0.29) is 22.4 Å². The van der Waals surface area contributed by atoms with Gasteiger partial charge in [-0.25, -0.2) is 8.78 Å². The Morgan fingerprint density at radius 3 is 2.57 bits per heavy atom. The van der Waals surface area contributed by atoms with Crippen LogP contribution in [-0.2, 0) is 4.79 Å². The number of amides is 1. The SMILES string of the molecule is C[C@@H](NC(=O)COc1ccccc1F)c1cc(F)c(Cl)cc1Cl. The Kier molecular flexibility index (Phi) is 5.80. The molecular weight excluding hydrogens is 347 g/mol. The summed E-state index contributed by atoms with van der Waals surface area (Å²) in [6.07, 6.45) is 0. The monoisotopic (exact) mass is 359 g/mol. The van der Waals surface area contributed by atoms with Gasteiger partial charge in [0.2, 0.25) is 0 Å². The molecule has 2 rings (SSSR count). The molecule has 23 heavy (non-hydrogen) atoms. The Morgan fingerprint density at radius 1 is 1.17 bits per heavy atom. The van der Waals surface area contributed by atoms with E-state index in [0.717, 1.165) is 6.07 Å². The van der Waals surface area contributed by atoms with Crippen molar-refractivity contribution in [1.29, 1.82) is 0 Å². The van der Waals surface area contributed by atoms with E-state index >= 15 is 0 Å². The third-order valence-corrected chi connectivity index (χ3v) is 3.70. The molecule has 0 aliphatic heterocycles. The van der Waals surface area contributed by atoms with Crippen molar-refractivity contribution < 1.29 is 18.3 Å². The van der Waals surface area contributed by atoms with Crippen LogP contribution in [0.4, 0.5) is 8.78 Å². The molecule has 0 heterocycles. The summed E-state index contributed by atoms with van der Waals surface area (Å²) in [7, 11) is 0. The summed E-state index contributed by atoms with van der Waals surface area (Å²) >= 11 is 11.6. The summed E-state index contributed by atoms with van der Waals surface area (Å²) in [5, 5.41) is 2.73. The number of ether oxygens (including phenoxy) is 1. The van der Waals surface area contributed by atoms with Crippen LogP contribution in [0.1, 0.15) is 18.5 Å². The van der Waals surface area contributed by atoms with Gasteiger partial charge in [-0.05, 0) is 36.8 Å².